The molecule has 6 rings (SSSR count). The van der Waals surface area contributed by atoms with Crippen LogP contribution in [0, 0.1) is 40.5 Å². The summed E-state index contributed by atoms with van der Waals surface area (Å²) in [6, 6.07) is 25.4. The summed E-state index contributed by atoms with van der Waals surface area (Å²) in [6.45, 7) is 0. The Morgan fingerprint density at radius 3 is 0.696 bits per heavy atom. The van der Waals surface area contributed by atoms with Gasteiger partial charge >= 0.3 is 0 Å². The van der Waals surface area contributed by atoms with Gasteiger partial charge in [0.25, 0.3) is 22.7 Å². The maximum absolute atomic E-state index is 10.7. The van der Waals surface area contributed by atoms with Gasteiger partial charge in [-0.15, -0.1) is 0 Å². The summed E-state index contributed by atoms with van der Waals surface area (Å²) in [5.74, 6) is 0. The van der Waals surface area contributed by atoms with Crippen LogP contribution in [0.2, 0.25) is 0 Å². The van der Waals surface area contributed by atoms with Crippen LogP contribution in [0.3, 0.4) is 0 Å². The molecule has 0 radical (unpaired) electrons. The molecule has 0 saturated heterocycles. The van der Waals surface area contributed by atoms with Gasteiger partial charge in [0.1, 0.15) is 0 Å². The molecule has 16 heteroatoms. The molecule has 0 aliphatic heterocycles. The van der Waals surface area contributed by atoms with Crippen LogP contribution in [-0.2, 0) is 0 Å². The number of hydrogen-bond donors (Lipinski definition) is 0. The molecule has 288 valence electrons. The first-order valence-corrected chi connectivity index (χ1v) is 18.2. The van der Waals surface area contributed by atoms with Crippen LogP contribution in [0.5, 0.6) is 0 Å². The lowest BCUT2D eigenvalue weighted by Crippen LogP contribution is -2.27. The van der Waals surface area contributed by atoms with Gasteiger partial charge in [-0.2, -0.15) is 0 Å². The van der Waals surface area contributed by atoms with Crippen molar-refractivity contribution in [3.8, 4) is 0 Å². The Labute approximate surface area is 322 Å². The van der Waals surface area contributed by atoms with Crippen LogP contribution in [0.1, 0.15) is 73.6 Å². The van der Waals surface area contributed by atoms with Crippen LogP contribution in [0.25, 0.3) is 0 Å². The first-order valence-electron chi connectivity index (χ1n) is 18.2. The standard InChI is InChI=1S/2C20H20N4O4/c2*25-23(26)17-9-5-15(6-10-17)13-21-19-3-1-2-4-20(19)22-14-16-7-11-18(12-8-16)24(27)28/h2*5-14,19-20H,1-4H2/t2*19-,20-/m11/s1. The van der Waals surface area contributed by atoms with Crippen molar-refractivity contribution >= 4 is 47.6 Å². The van der Waals surface area contributed by atoms with Crippen molar-refractivity contribution in [1.29, 1.82) is 0 Å². The monoisotopic (exact) mass is 760 g/mol. The zero-order chi connectivity index (χ0) is 39.9. The molecule has 0 N–H and O–H groups in total. The highest BCUT2D eigenvalue weighted by Gasteiger charge is 2.24. The third-order valence-electron chi connectivity index (χ3n) is 9.46. The van der Waals surface area contributed by atoms with E-state index in [-0.39, 0.29) is 46.9 Å². The lowest BCUT2D eigenvalue weighted by Gasteiger charge is -2.25. The third-order valence-corrected chi connectivity index (χ3v) is 9.46. The largest absolute Gasteiger partial charge is 0.287 e. The summed E-state index contributed by atoms with van der Waals surface area (Å²) in [5, 5.41) is 42.9. The minimum Gasteiger partial charge on any atom is -0.287 e. The van der Waals surface area contributed by atoms with Crippen molar-refractivity contribution in [3.05, 3.63) is 160 Å². The third kappa shape index (κ3) is 12.1. The molecule has 16 nitrogen and oxygen atoms in total. The molecule has 56 heavy (non-hydrogen) atoms. The van der Waals surface area contributed by atoms with E-state index in [0.717, 1.165) is 73.6 Å². The normalized spacial score (nSPS) is 19.9. The van der Waals surface area contributed by atoms with Gasteiger partial charge in [-0.1, -0.05) is 25.7 Å². The van der Waals surface area contributed by atoms with Crippen molar-refractivity contribution in [3.63, 3.8) is 0 Å². The summed E-state index contributed by atoms with van der Waals surface area (Å²) in [4.78, 5) is 59.8. The van der Waals surface area contributed by atoms with E-state index < -0.39 is 19.7 Å². The fourth-order valence-corrected chi connectivity index (χ4v) is 6.33. The zero-order valence-corrected chi connectivity index (χ0v) is 30.4. The van der Waals surface area contributed by atoms with E-state index in [4.69, 9.17) is 0 Å². The lowest BCUT2D eigenvalue weighted by molar-refractivity contribution is -0.385. The number of nitro groups is 4. The van der Waals surface area contributed by atoms with E-state index in [2.05, 4.69) is 20.0 Å². The van der Waals surface area contributed by atoms with Gasteiger partial charge in [0.15, 0.2) is 0 Å². The number of benzene rings is 4. The number of aliphatic imine (C=N–C) groups is 4. The Morgan fingerprint density at radius 2 is 0.536 bits per heavy atom. The second kappa shape index (κ2) is 20.0. The van der Waals surface area contributed by atoms with Gasteiger partial charge in [0.2, 0.25) is 0 Å². The van der Waals surface area contributed by atoms with Gasteiger partial charge < -0.3 is 0 Å². The highest BCUT2D eigenvalue weighted by Crippen LogP contribution is 2.26. The molecule has 2 aliphatic carbocycles. The van der Waals surface area contributed by atoms with E-state index in [1.807, 2.05) is 0 Å². The zero-order valence-electron chi connectivity index (χ0n) is 30.4. The summed E-state index contributed by atoms with van der Waals surface area (Å²) < 4.78 is 0. The van der Waals surface area contributed by atoms with Crippen LogP contribution in [-0.4, -0.2) is 68.7 Å². The Bertz CT molecular complexity index is 1780. The Hall–Kier alpha value is -6.84. The molecule has 4 atom stereocenters. The second-order valence-electron chi connectivity index (χ2n) is 13.3. The summed E-state index contributed by atoms with van der Waals surface area (Å²) in [7, 11) is 0. The maximum Gasteiger partial charge on any atom is 0.269 e. The average molecular weight is 761 g/mol. The second-order valence-corrected chi connectivity index (χ2v) is 13.3. The molecule has 4 aromatic carbocycles. The maximum atomic E-state index is 10.7. The first-order chi connectivity index (χ1) is 27.0. The molecular weight excluding hydrogens is 720 g/mol. The SMILES string of the molecule is O=[N+]([O-])c1ccc(C=N[C@@H]2CCCC[C@H]2N=Cc2ccc([N+](=O)[O-])cc2)cc1.O=[N+]([O-])c1ccc(C=N[C@@H]2CCCC[C@H]2N=Cc2ccc([N+](=O)[O-])cc2)cc1. The molecule has 2 saturated carbocycles. The van der Waals surface area contributed by atoms with E-state index in [1.165, 1.54) is 48.5 Å². The molecule has 0 bridgehead atoms. The van der Waals surface area contributed by atoms with Crippen LogP contribution < -0.4 is 0 Å². The molecule has 0 amide bonds. The molecule has 0 heterocycles. The van der Waals surface area contributed by atoms with Crippen molar-refractivity contribution in [2.24, 2.45) is 20.0 Å². The molecule has 0 unspecified atom stereocenters. The lowest BCUT2D eigenvalue weighted by atomic mass is 9.91. The fraction of sp³-hybridized carbons (Fsp3) is 0.300. The summed E-state index contributed by atoms with van der Waals surface area (Å²) in [5.41, 5.74) is 3.48. The van der Waals surface area contributed by atoms with Crippen molar-refractivity contribution in [1.82, 2.24) is 0 Å². The Morgan fingerprint density at radius 1 is 0.357 bits per heavy atom. The van der Waals surface area contributed by atoms with Crippen molar-refractivity contribution in [2.45, 2.75) is 75.5 Å². The average Bonchev–Trinajstić information content (AvgIpc) is 3.22. The Kier molecular flexibility index (Phi) is 14.4. The van der Waals surface area contributed by atoms with Gasteiger partial charge in [0.05, 0.1) is 43.9 Å². The summed E-state index contributed by atoms with van der Waals surface area (Å²) in [6.07, 6.45) is 15.1. The van der Waals surface area contributed by atoms with E-state index >= 15 is 0 Å². The first kappa shape index (κ1) is 40.3. The number of rotatable bonds is 12. The van der Waals surface area contributed by atoms with Crippen molar-refractivity contribution in [2.75, 3.05) is 0 Å². The number of nitro benzene ring substituents is 4. The van der Waals surface area contributed by atoms with E-state index in [0.29, 0.717) is 0 Å². The van der Waals surface area contributed by atoms with Gasteiger partial charge in [-0.3, -0.25) is 60.4 Å². The minimum absolute atomic E-state index is 0.0539. The van der Waals surface area contributed by atoms with Crippen molar-refractivity contribution < 1.29 is 19.7 Å². The highest BCUT2D eigenvalue weighted by molar-refractivity contribution is 5.82. The predicted molar refractivity (Wildman–Crippen MR) is 215 cm³/mol. The van der Waals surface area contributed by atoms with E-state index in [1.54, 1.807) is 73.4 Å². The molecule has 2 fully saturated rings. The minimum atomic E-state index is -0.426. The summed E-state index contributed by atoms with van der Waals surface area (Å²) >= 11 is 0. The molecule has 2 aliphatic rings. The van der Waals surface area contributed by atoms with Gasteiger partial charge in [-0.25, -0.2) is 0 Å². The fourth-order valence-electron chi connectivity index (χ4n) is 6.33. The van der Waals surface area contributed by atoms with Crippen LogP contribution in [0.15, 0.2) is 117 Å². The molecule has 0 aromatic heterocycles. The molecular formula is C40H40N8O8. The van der Waals surface area contributed by atoms with Gasteiger partial charge in [-0.05, 0) is 96.5 Å². The molecule has 0 spiro atoms. The number of nitrogens with zero attached hydrogens (tertiary/aromatic N) is 8. The van der Waals surface area contributed by atoms with Crippen LogP contribution >= 0.6 is 0 Å². The highest BCUT2D eigenvalue weighted by atomic mass is 16.6. The smallest absolute Gasteiger partial charge is 0.269 e. The Balaban J connectivity index is 0.000000214. The molecule has 4 aromatic rings. The topological polar surface area (TPSA) is 222 Å². The quantitative estimate of drug-likeness (QED) is 0.0769. The number of hydrogen-bond acceptors (Lipinski definition) is 12. The van der Waals surface area contributed by atoms with Crippen LogP contribution in [0.4, 0.5) is 22.7 Å². The van der Waals surface area contributed by atoms with Gasteiger partial charge in [0, 0.05) is 73.4 Å². The van der Waals surface area contributed by atoms with E-state index in [9.17, 15) is 40.5 Å². The number of non-ortho nitro benzene ring substituents is 4. The predicted octanol–water partition coefficient (Wildman–Crippen LogP) is 8.70.